The number of carbonyl (C=O) groups excluding carboxylic acids is 3. The lowest BCUT2D eigenvalue weighted by Crippen LogP contribution is -2.55. The van der Waals surface area contributed by atoms with Crippen LogP contribution in [0.5, 0.6) is 0 Å². The molecule has 2 aliphatic heterocycles. The Morgan fingerprint density at radius 1 is 1.23 bits per heavy atom. The van der Waals surface area contributed by atoms with E-state index < -0.39 is 29.9 Å². The van der Waals surface area contributed by atoms with E-state index >= 15 is 0 Å². The predicted molar refractivity (Wildman–Crippen MR) is 150 cm³/mol. The molecule has 0 aliphatic carbocycles. The van der Waals surface area contributed by atoms with Crippen LogP contribution in [0.25, 0.3) is 10.4 Å². The van der Waals surface area contributed by atoms with E-state index in [2.05, 4.69) is 10.3 Å². The number of likely N-dealkylation sites (tertiary alicyclic amines) is 1. The Morgan fingerprint density at radius 3 is 2.65 bits per heavy atom. The second-order valence-corrected chi connectivity index (χ2v) is 11.5. The van der Waals surface area contributed by atoms with Gasteiger partial charge in [-0.25, -0.2) is 9.37 Å². The summed E-state index contributed by atoms with van der Waals surface area (Å²) >= 11 is 1.58. The van der Waals surface area contributed by atoms with Gasteiger partial charge in [-0.1, -0.05) is 50.6 Å². The standard InChI is InChI=1S/C30H33FN4O4S/c1-4-17(2)26(35-14-21-9-10-22(31)11-24(21)29(35)38)30(39)34-15-23(36)12-25(34)28(37)32-13-19-5-7-20(8-6-19)27-18(3)33-16-40-27/h5-11,16-17,23,25-26,36H,4,12-15H2,1-3H3,(H,32,37)/t17-,23+,25-,26?/m0/s1. The highest BCUT2D eigenvalue weighted by Crippen LogP contribution is 2.32. The van der Waals surface area contributed by atoms with Crippen molar-refractivity contribution < 1.29 is 23.9 Å². The van der Waals surface area contributed by atoms with Crippen molar-refractivity contribution in [3.63, 3.8) is 0 Å². The number of aliphatic hydroxyl groups is 1. The van der Waals surface area contributed by atoms with Gasteiger partial charge in [0.2, 0.25) is 11.8 Å². The molecule has 2 N–H and O–H groups in total. The van der Waals surface area contributed by atoms with E-state index in [0.29, 0.717) is 12.0 Å². The Balaban J connectivity index is 1.29. The molecule has 2 aromatic carbocycles. The maximum atomic E-state index is 14.0. The molecule has 1 fully saturated rings. The molecule has 8 nitrogen and oxygen atoms in total. The highest BCUT2D eigenvalue weighted by molar-refractivity contribution is 7.13. The zero-order valence-corrected chi connectivity index (χ0v) is 23.6. The van der Waals surface area contributed by atoms with Crippen LogP contribution in [0.4, 0.5) is 4.39 Å². The summed E-state index contributed by atoms with van der Waals surface area (Å²) in [5, 5.41) is 13.4. The number of rotatable bonds is 8. The van der Waals surface area contributed by atoms with Gasteiger partial charge in [-0.15, -0.1) is 11.3 Å². The van der Waals surface area contributed by atoms with Crippen molar-refractivity contribution in [3.05, 3.63) is 76.2 Å². The van der Waals surface area contributed by atoms with E-state index in [0.717, 1.165) is 21.7 Å². The van der Waals surface area contributed by atoms with Crippen LogP contribution >= 0.6 is 11.3 Å². The fourth-order valence-corrected chi connectivity index (χ4v) is 6.37. The van der Waals surface area contributed by atoms with Crippen molar-refractivity contribution in [3.8, 4) is 10.4 Å². The summed E-state index contributed by atoms with van der Waals surface area (Å²) in [6.07, 6.45) is -0.108. The van der Waals surface area contributed by atoms with Crippen LogP contribution in [0.3, 0.4) is 0 Å². The minimum Gasteiger partial charge on any atom is -0.391 e. The first-order chi connectivity index (χ1) is 19.2. The number of hydrogen-bond acceptors (Lipinski definition) is 6. The van der Waals surface area contributed by atoms with Gasteiger partial charge in [0, 0.05) is 31.6 Å². The van der Waals surface area contributed by atoms with Gasteiger partial charge in [0.1, 0.15) is 17.9 Å². The molecule has 2 aliphatic rings. The van der Waals surface area contributed by atoms with E-state index in [1.807, 2.05) is 50.5 Å². The van der Waals surface area contributed by atoms with E-state index in [1.54, 1.807) is 17.4 Å². The second-order valence-electron chi connectivity index (χ2n) is 10.6. The Bertz CT molecular complexity index is 1430. The molecule has 3 amide bonds. The Hall–Kier alpha value is -3.63. The topological polar surface area (TPSA) is 103 Å². The Labute approximate surface area is 236 Å². The first-order valence-corrected chi connectivity index (χ1v) is 14.4. The third-order valence-corrected chi connectivity index (χ3v) is 8.95. The number of fused-ring (bicyclic) bond motifs is 1. The quantitative estimate of drug-likeness (QED) is 0.432. The first-order valence-electron chi connectivity index (χ1n) is 13.5. The number of nitrogens with zero attached hydrogens (tertiary/aromatic N) is 3. The molecule has 10 heteroatoms. The molecule has 1 saturated heterocycles. The Kier molecular flexibility index (Phi) is 8.00. The van der Waals surface area contributed by atoms with Crippen LogP contribution in [-0.2, 0) is 22.7 Å². The number of benzene rings is 2. The molecule has 3 heterocycles. The molecule has 0 radical (unpaired) electrons. The van der Waals surface area contributed by atoms with E-state index in [9.17, 15) is 23.9 Å². The van der Waals surface area contributed by atoms with Gasteiger partial charge in [0.15, 0.2) is 0 Å². The molecule has 4 atom stereocenters. The van der Waals surface area contributed by atoms with E-state index in [4.69, 9.17) is 0 Å². The number of nitrogens with one attached hydrogen (secondary N) is 1. The first kappa shape index (κ1) is 27.9. The second kappa shape index (κ2) is 11.5. The smallest absolute Gasteiger partial charge is 0.255 e. The van der Waals surface area contributed by atoms with Crippen molar-refractivity contribution in [1.29, 1.82) is 0 Å². The maximum absolute atomic E-state index is 14.0. The molecule has 210 valence electrons. The van der Waals surface area contributed by atoms with Crippen LogP contribution in [0.1, 0.15) is 53.9 Å². The largest absolute Gasteiger partial charge is 0.391 e. The summed E-state index contributed by atoms with van der Waals surface area (Å²) in [6, 6.07) is 10.3. The lowest BCUT2D eigenvalue weighted by atomic mass is 9.95. The number of aliphatic hydroxyl groups excluding tert-OH is 1. The summed E-state index contributed by atoms with van der Waals surface area (Å²) in [5.41, 5.74) is 5.67. The molecule has 5 rings (SSSR count). The van der Waals surface area contributed by atoms with Gasteiger partial charge < -0.3 is 20.2 Å². The lowest BCUT2D eigenvalue weighted by molar-refractivity contribution is -0.143. The fourth-order valence-electron chi connectivity index (χ4n) is 5.56. The SMILES string of the molecule is CC[C@H](C)C(C(=O)N1C[C@H](O)C[C@H]1C(=O)NCc1ccc(-c2scnc2C)cc1)N1Cc2ccc(F)cc2C1=O. The molecule has 1 unspecified atom stereocenters. The molecule has 0 bridgehead atoms. The maximum Gasteiger partial charge on any atom is 0.255 e. The van der Waals surface area contributed by atoms with Crippen molar-refractivity contribution in [1.82, 2.24) is 20.1 Å². The van der Waals surface area contributed by atoms with Gasteiger partial charge in [-0.05, 0) is 41.7 Å². The zero-order chi connectivity index (χ0) is 28.6. The third kappa shape index (κ3) is 5.38. The third-order valence-electron chi connectivity index (χ3n) is 7.97. The summed E-state index contributed by atoms with van der Waals surface area (Å²) in [5.74, 6) is -1.85. The number of halogens is 1. The molecule has 0 spiro atoms. The average molecular weight is 565 g/mol. The highest BCUT2D eigenvalue weighted by atomic mass is 32.1. The van der Waals surface area contributed by atoms with E-state index in [1.165, 1.54) is 21.9 Å². The summed E-state index contributed by atoms with van der Waals surface area (Å²) in [4.78, 5) is 48.8. The van der Waals surface area contributed by atoms with Gasteiger partial charge in [0.25, 0.3) is 5.91 Å². The van der Waals surface area contributed by atoms with Crippen molar-refractivity contribution in [2.75, 3.05) is 6.54 Å². The van der Waals surface area contributed by atoms with Crippen LogP contribution in [0.2, 0.25) is 0 Å². The number of aromatic nitrogens is 1. The van der Waals surface area contributed by atoms with Gasteiger partial charge in [0.05, 0.1) is 22.2 Å². The minimum atomic E-state index is -0.856. The number of carbonyl (C=O) groups is 3. The summed E-state index contributed by atoms with van der Waals surface area (Å²) in [7, 11) is 0. The molecule has 0 saturated carbocycles. The lowest BCUT2D eigenvalue weighted by Gasteiger charge is -2.36. The zero-order valence-electron chi connectivity index (χ0n) is 22.8. The molecule has 3 aromatic rings. The molecular formula is C30H33FN4O4S. The normalized spacial score (nSPS) is 20.0. The van der Waals surface area contributed by atoms with Crippen molar-refractivity contribution in [2.24, 2.45) is 5.92 Å². The van der Waals surface area contributed by atoms with Gasteiger partial charge >= 0.3 is 0 Å². The molecule has 1 aromatic heterocycles. The number of amides is 3. The van der Waals surface area contributed by atoms with Crippen LogP contribution in [0, 0.1) is 18.7 Å². The predicted octanol–water partition coefficient (Wildman–Crippen LogP) is 3.91. The average Bonchev–Trinajstić information content (AvgIpc) is 3.64. The van der Waals surface area contributed by atoms with Crippen LogP contribution in [-0.4, -0.2) is 62.3 Å². The van der Waals surface area contributed by atoms with Gasteiger partial charge in [-0.2, -0.15) is 0 Å². The number of hydrogen-bond donors (Lipinski definition) is 2. The number of thiazole rings is 1. The number of aryl methyl sites for hydroxylation is 1. The van der Waals surface area contributed by atoms with Crippen molar-refractivity contribution >= 4 is 29.1 Å². The Morgan fingerprint density at radius 2 is 1.98 bits per heavy atom. The summed E-state index contributed by atoms with van der Waals surface area (Å²) < 4.78 is 13.9. The molecule has 40 heavy (non-hydrogen) atoms. The summed E-state index contributed by atoms with van der Waals surface area (Å²) in [6.45, 7) is 6.26. The van der Waals surface area contributed by atoms with E-state index in [-0.39, 0.29) is 49.4 Å². The minimum absolute atomic E-state index is 0.0103. The number of β-amino-alcohol motifs (C(OH)–C–C–N with tert-alkyl or cyclic N) is 1. The fraction of sp³-hybridized carbons (Fsp3) is 0.400. The van der Waals surface area contributed by atoms with Crippen LogP contribution < -0.4 is 5.32 Å². The molecular weight excluding hydrogens is 531 g/mol. The highest BCUT2D eigenvalue weighted by Gasteiger charge is 2.46. The monoisotopic (exact) mass is 564 g/mol. The van der Waals surface area contributed by atoms with Crippen LogP contribution in [0.15, 0.2) is 48.0 Å². The van der Waals surface area contributed by atoms with Gasteiger partial charge in [-0.3, -0.25) is 14.4 Å². The van der Waals surface area contributed by atoms with Crippen molar-refractivity contribution in [2.45, 2.75) is 64.9 Å².